The summed E-state index contributed by atoms with van der Waals surface area (Å²) in [6.07, 6.45) is 1.68. The topological polar surface area (TPSA) is 53.0 Å². The second kappa shape index (κ2) is 8.47. The van der Waals surface area contributed by atoms with Gasteiger partial charge in [0, 0.05) is 29.9 Å². The number of hydrogen-bond donors (Lipinski definition) is 0. The van der Waals surface area contributed by atoms with Crippen molar-refractivity contribution in [3.63, 3.8) is 0 Å². The summed E-state index contributed by atoms with van der Waals surface area (Å²) in [5.41, 5.74) is 1.64. The summed E-state index contributed by atoms with van der Waals surface area (Å²) in [6.45, 7) is 5.75. The molecule has 0 saturated heterocycles. The van der Waals surface area contributed by atoms with Crippen molar-refractivity contribution in [1.29, 1.82) is 0 Å². The predicted octanol–water partition coefficient (Wildman–Crippen LogP) is 4.27. The average Bonchev–Trinajstić information content (AvgIpc) is 2.63. The third-order valence-electron chi connectivity index (χ3n) is 4.80. The molecule has 1 aliphatic heterocycles. The van der Waals surface area contributed by atoms with Crippen molar-refractivity contribution in [2.24, 2.45) is 10.4 Å². The van der Waals surface area contributed by atoms with Gasteiger partial charge in [-0.25, -0.2) is 4.90 Å². The molecule has 6 heteroatoms. The molecule has 1 atom stereocenters. The molecule has 0 saturated carbocycles. The van der Waals surface area contributed by atoms with Crippen LogP contribution in [0, 0.1) is 5.41 Å². The van der Waals surface area contributed by atoms with Crippen molar-refractivity contribution in [2.45, 2.75) is 19.8 Å². The molecular weight excluding hydrogens is 386 g/mol. The van der Waals surface area contributed by atoms with Gasteiger partial charge in [-0.15, -0.1) is 0 Å². The maximum Gasteiger partial charge on any atom is 0.265 e. The van der Waals surface area contributed by atoms with E-state index in [-0.39, 0.29) is 17.2 Å². The van der Waals surface area contributed by atoms with Crippen LogP contribution in [0.5, 0.6) is 0 Å². The van der Waals surface area contributed by atoms with E-state index in [9.17, 15) is 9.59 Å². The minimum absolute atomic E-state index is 0.0281. The molecule has 2 aromatic rings. The van der Waals surface area contributed by atoms with Gasteiger partial charge in [0.15, 0.2) is 0 Å². The molecule has 5 nitrogen and oxygen atoms in total. The number of imide groups is 1. The number of hydrogen-bond acceptors (Lipinski definition) is 4. The summed E-state index contributed by atoms with van der Waals surface area (Å²) in [6, 6.07) is 14.0. The Balaban J connectivity index is 1.95. The summed E-state index contributed by atoms with van der Waals surface area (Å²) in [4.78, 5) is 34.3. The van der Waals surface area contributed by atoms with Crippen LogP contribution in [0.2, 0.25) is 5.02 Å². The third kappa shape index (κ3) is 4.74. The minimum Gasteiger partial charge on any atom is -0.309 e. The number of amides is 2. The van der Waals surface area contributed by atoms with Crippen LogP contribution in [0.15, 0.2) is 53.5 Å². The van der Waals surface area contributed by atoms with Crippen LogP contribution in [-0.4, -0.2) is 50.1 Å². The fraction of sp³-hybridized carbons (Fsp3) is 0.348. The van der Waals surface area contributed by atoms with Crippen molar-refractivity contribution in [1.82, 2.24) is 4.90 Å². The van der Waals surface area contributed by atoms with E-state index < -0.39 is 5.92 Å². The van der Waals surface area contributed by atoms with Gasteiger partial charge < -0.3 is 4.90 Å². The molecule has 0 bridgehead atoms. The molecule has 0 aromatic heterocycles. The van der Waals surface area contributed by atoms with Crippen LogP contribution in [0.4, 0.5) is 5.69 Å². The van der Waals surface area contributed by atoms with Crippen LogP contribution in [0.1, 0.15) is 35.7 Å². The third-order valence-corrected chi connectivity index (χ3v) is 5.04. The largest absolute Gasteiger partial charge is 0.309 e. The van der Waals surface area contributed by atoms with Gasteiger partial charge in [0.1, 0.15) is 0 Å². The molecule has 1 aliphatic rings. The number of rotatable bonds is 6. The molecule has 3 rings (SSSR count). The Morgan fingerprint density at radius 3 is 2.55 bits per heavy atom. The Labute approximate surface area is 177 Å². The molecule has 0 aliphatic carbocycles. The number of anilines is 1. The zero-order chi connectivity index (χ0) is 21.2. The molecule has 0 spiro atoms. The van der Waals surface area contributed by atoms with E-state index in [2.05, 4.69) is 23.7 Å². The van der Waals surface area contributed by atoms with Crippen molar-refractivity contribution in [3.05, 3.63) is 64.7 Å². The van der Waals surface area contributed by atoms with Crippen LogP contribution < -0.4 is 4.90 Å². The van der Waals surface area contributed by atoms with Gasteiger partial charge in [0.05, 0.1) is 11.6 Å². The molecule has 0 N–H and O–H groups in total. The quantitative estimate of drug-likeness (QED) is 0.527. The van der Waals surface area contributed by atoms with E-state index in [0.29, 0.717) is 28.4 Å². The summed E-state index contributed by atoms with van der Waals surface area (Å²) in [5.74, 6) is -1.27. The van der Waals surface area contributed by atoms with Crippen molar-refractivity contribution in [2.75, 3.05) is 32.1 Å². The number of benzene rings is 2. The maximum atomic E-state index is 13.3. The monoisotopic (exact) mass is 411 g/mol. The highest BCUT2D eigenvalue weighted by Gasteiger charge is 2.38. The van der Waals surface area contributed by atoms with E-state index in [4.69, 9.17) is 11.6 Å². The van der Waals surface area contributed by atoms with E-state index in [1.54, 1.807) is 42.6 Å². The Bertz CT molecular complexity index is 953. The molecule has 0 radical (unpaired) electrons. The minimum atomic E-state index is -0.613. The number of carbonyl (C=O) groups excluding carboxylic acids is 2. The van der Waals surface area contributed by atoms with Gasteiger partial charge in [-0.1, -0.05) is 49.7 Å². The predicted molar refractivity (Wildman–Crippen MR) is 118 cm³/mol. The molecule has 29 heavy (non-hydrogen) atoms. The van der Waals surface area contributed by atoms with Gasteiger partial charge in [-0.05, 0) is 49.3 Å². The molecular formula is C23H26ClN3O2. The Morgan fingerprint density at radius 2 is 1.86 bits per heavy atom. The second-order valence-electron chi connectivity index (χ2n) is 8.42. The van der Waals surface area contributed by atoms with Crippen LogP contribution in [0.3, 0.4) is 0 Å². The van der Waals surface area contributed by atoms with Crippen LogP contribution in [0.25, 0.3) is 0 Å². The van der Waals surface area contributed by atoms with E-state index in [1.165, 1.54) is 4.90 Å². The fourth-order valence-electron chi connectivity index (χ4n) is 3.77. The number of halogens is 1. The first kappa shape index (κ1) is 21.2. The normalized spacial score (nSPS) is 17.3. The SMILES string of the molecule is CN(C)CC(C)(C)CN=CC1C(=O)N(c2cccc(Cl)c2)C(=O)c2ccccc21. The first-order valence-electron chi connectivity index (χ1n) is 9.57. The van der Waals surface area contributed by atoms with E-state index >= 15 is 0 Å². The van der Waals surface area contributed by atoms with E-state index in [0.717, 1.165) is 6.54 Å². The van der Waals surface area contributed by atoms with Crippen LogP contribution >= 0.6 is 11.6 Å². The first-order valence-corrected chi connectivity index (χ1v) is 9.95. The Morgan fingerprint density at radius 1 is 1.14 bits per heavy atom. The highest BCUT2D eigenvalue weighted by Crippen LogP contribution is 2.33. The first-order chi connectivity index (χ1) is 13.7. The summed E-state index contributed by atoms with van der Waals surface area (Å²) in [7, 11) is 4.06. The maximum absolute atomic E-state index is 13.3. The Kier molecular flexibility index (Phi) is 6.20. The van der Waals surface area contributed by atoms with Gasteiger partial charge in [0.25, 0.3) is 5.91 Å². The van der Waals surface area contributed by atoms with Crippen molar-refractivity contribution < 1.29 is 9.59 Å². The number of aliphatic imine (C=N–C) groups is 1. The lowest BCUT2D eigenvalue weighted by Gasteiger charge is -2.31. The summed E-state index contributed by atoms with van der Waals surface area (Å²) >= 11 is 6.09. The number of nitrogens with zero attached hydrogens (tertiary/aromatic N) is 3. The fourth-order valence-corrected chi connectivity index (χ4v) is 3.96. The lowest BCUT2D eigenvalue weighted by molar-refractivity contribution is -0.118. The van der Waals surface area contributed by atoms with Gasteiger partial charge in [0.2, 0.25) is 5.91 Å². The summed E-state index contributed by atoms with van der Waals surface area (Å²) in [5, 5.41) is 0.470. The van der Waals surface area contributed by atoms with Crippen molar-refractivity contribution >= 4 is 35.3 Å². The van der Waals surface area contributed by atoms with Gasteiger partial charge in [-0.2, -0.15) is 0 Å². The highest BCUT2D eigenvalue weighted by molar-refractivity contribution is 6.32. The average molecular weight is 412 g/mol. The molecule has 1 unspecified atom stereocenters. The molecule has 152 valence electrons. The highest BCUT2D eigenvalue weighted by atomic mass is 35.5. The van der Waals surface area contributed by atoms with Gasteiger partial charge in [-0.3, -0.25) is 14.6 Å². The molecule has 2 aromatic carbocycles. The molecule has 1 heterocycles. The summed E-state index contributed by atoms with van der Waals surface area (Å²) < 4.78 is 0. The molecule has 2 amide bonds. The molecule has 0 fully saturated rings. The van der Waals surface area contributed by atoms with Crippen molar-refractivity contribution in [3.8, 4) is 0 Å². The second-order valence-corrected chi connectivity index (χ2v) is 8.85. The van der Waals surface area contributed by atoms with E-state index in [1.807, 2.05) is 26.2 Å². The van der Waals surface area contributed by atoms with Crippen LogP contribution in [-0.2, 0) is 4.79 Å². The Hall–Kier alpha value is -2.50. The lowest BCUT2D eigenvalue weighted by atomic mass is 9.88. The zero-order valence-corrected chi connectivity index (χ0v) is 18.0. The standard InChI is InChI=1S/C23H26ClN3O2/c1-23(2,15-26(3)4)14-25-13-20-18-10-5-6-11-19(18)21(28)27(22(20)29)17-9-7-8-16(24)12-17/h5-13,20H,14-15H2,1-4H3. The lowest BCUT2D eigenvalue weighted by Crippen LogP contribution is -2.45. The van der Waals surface area contributed by atoms with Gasteiger partial charge >= 0.3 is 0 Å². The number of carbonyl (C=O) groups is 2. The smallest absolute Gasteiger partial charge is 0.265 e. The zero-order valence-electron chi connectivity index (χ0n) is 17.2. The number of fused-ring (bicyclic) bond motifs is 1.